The van der Waals surface area contributed by atoms with Gasteiger partial charge in [0.1, 0.15) is 12.4 Å². The molecule has 0 bridgehead atoms. The molecule has 2 atom stereocenters. The molecule has 1 saturated heterocycles. The van der Waals surface area contributed by atoms with Crippen LogP contribution in [0.15, 0.2) is 18.2 Å². The van der Waals surface area contributed by atoms with E-state index in [1.807, 2.05) is 23.1 Å². The third kappa shape index (κ3) is 1.48. The number of carbonyl (C=O) groups is 1. The lowest BCUT2D eigenvalue weighted by atomic mass is 10.1. The van der Waals surface area contributed by atoms with Crippen molar-refractivity contribution in [2.75, 3.05) is 31.6 Å². The molecule has 4 heteroatoms. The van der Waals surface area contributed by atoms with Crippen LogP contribution in [0.2, 0.25) is 0 Å². The summed E-state index contributed by atoms with van der Waals surface area (Å²) in [4.78, 5) is 14.5. The van der Waals surface area contributed by atoms with E-state index in [0.717, 1.165) is 48.5 Å². The molecule has 2 heterocycles. The number of piperidine rings is 1. The Kier molecular flexibility index (Phi) is 2.07. The number of rotatable bonds is 1. The summed E-state index contributed by atoms with van der Waals surface area (Å²) in [7, 11) is 0. The smallest absolute Gasteiger partial charge is 0.256 e. The Hall–Kier alpha value is -1.71. The first-order valence-electron chi connectivity index (χ1n) is 6.62. The lowest BCUT2D eigenvalue weighted by Crippen LogP contribution is -2.31. The summed E-state index contributed by atoms with van der Waals surface area (Å²) in [6.07, 6.45) is 1.32. The van der Waals surface area contributed by atoms with Crippen LogP contribution in [0.25, 0.3) is 0 Å². The number of ether oxygens (including phenoxy) is 1. The van der Waals surface area contributed by atoms with Gasteiger partial charge < -0.3 is 15.0 Å². The number of anilines is 1. The third-order valence-electron chi connectivity index (χ3n) is 4.18. The van der Waals surface area contributed by atoms with Crippen LogP contribution in [-0.4, -0.2) is 37.0 Å². The van der Waals surface area contributed by atoms with E-state index in [4.69, 9.17) is 4.74 Å². The summed E-state index contributed by atoms with van der Waals surface area (Å²) in [5, 5.41) is 3.29. The van der Waals surface area contributed by atoms with Gasteiger partial charge in [0, 0.05) is 19.6 Å². The van der Waals surface area contributed by atoms with Crippen molar-refractivity contribution in [3.63, 3.8) is 0 Å². The minimum atomic E-state index is 0.150. The van der Waals surface area contributed by atoms with Gasteiger partial charge in [0.15, 0.2) is 0 Å². The van der Waals surface area contributed by atoms with Gasteiger partial charge in [-0.05, 0) is 30.4 Å². The fourth-order valence-electron chi connectivity index (χ4n) is 3.08. The van der Waals surface area contributed by atoms with Gasteiger partial charge in [-0.2, -0.15) is 0 Å². The Morgan fingerprint density at radius 2 is 2.17 bits per heavy atom. The molecule has 1 aromatic rings. The second kappa shape index (κ2) is 3.64. The highest BCUT2D eigenvalue weighted by molar-refractivity contribution is 6.01. The Morgan fingerprint density at radius 3 is 3.00 bits per heavy atom. The fraction of sp³-hybridized carbons (Fsp3) is 0.500. The van der Waals surface area contributed by atoms with E-state index in [1.54, 1.807) is 0 Å². The number of likely N-dealkylation sites (tertiary alicyclic amines) is 1. The largest absolute Gasteiger partial charge is 0.490 e. The molecule has 94 valence electrons. The molecule has 2 fully saturated rings. The van der Waals surface area contributed by atoms with Gasteiger partial charge in [0.2, 0.25) is 0 Å². The molecule has 1 aromatic carbocycles. The van der Waals surface area contributed by atoms with Gasteiger partial charge in [-0.15, -0.1) is 0 Å². The summed E-state index contributed by atoms with van der Waals surface area (Å²) in [6, 6.07) is 5.71. The summed E-state index contributed by atoms with van der Waals surface area (Å²) >= 11 is 0. The van der Waals surface area contributed by atoms with Crippen LogP contribution >= 0.6 is 0 Å². The summed E-state index contributed by atoms with van der Waals surface area (Å²) in [6.45, 7) is 3.31. The van der Waals surface area contributed by atoms with E-state index in [1.165, 1.54) is 6.42 Å². The standard InChI is InChI=1S/C14H16N2O2/c17-14(16-7-9-6-10(9)8-16)11-2-1-3-12-13(11)15-4-5-18-12/h1-3,9-10,15H,4-8H2. The zero-order valence-electron chi connectivity index (χ0n) is 10.2. The molecular weight excluding hydrogens is 228 g/mol. The predicted molar refractivity (Wildman–Crippen MR) is 67.9 cm³/mol. The van der Waals surface area contributed by atoms with Crippen LogP contribution < -0.4 is 10.1 Å². The Bertz CT molecular complexity index is 505. The summed E-state index contributed by atoms with van der Waals surface area (Å²) < 4.78 is 5.57. The fourth-order valence-corrected chi connectivity index (χ4v) is 3.08. The molecule has 0 radical (unpaired) electrons. The number of nitrogens with zero attached hydrogens (tertiary/aromatic N) is 1. The molecule has 1 N–H and O–H groups in total. The molecule has 0 spiro atoms. The van der Waals surface area contributed by atoms with Crippen molar-refractivity contribution in [1.82, 2.24) is 4.90 Å². The van der Waals surface area contributed by atoms with E-state index < -0.39 is 0 Å². The van der Waals surface area contributed by atoms with Gasteiger partial charge in [-0.1, -0.05) is 6.07 Å². The van der Waals surface area contributed by atoms with Crippen molar-refractivity contribution in [2.45, 2.75) is 6.42 Å². The minimum Gasteiger partial charge on any atom is -0.490 e. The molecule has 1 amide bonds. The maximum absolute atomic E-state index is 12.5. The molecule has 2 aliphatic heterocycles. The van der Waals surface area contributed by atoms with Crippen LogP contribution in [0.4, 0.5) is 5.69 Å². The first-order chi connectivity index (χ1) is 8.83. The highest BCUT2D eigenvalue weighted by atomic mass is 16.5. The van der Waals surface area contributed by atoms with Crippen LogP contribution in [-0.2, 0) is 0 Å². The Morgan fingerprint density at radius 1 is 1.33 bits per heavy atom. The van der Waals surface area contributed by atoms with Crippen molar-refractivity contribution in [2.24, 2.45) is 11.8 Å². The average molecular weight is 244 g/mol. The molecule has 1 saturated carbocycles. The number of benzene rings is 1. The number of carbonyl (C=O) groups excluding carboxylic acids is 1. The highest BCUT2D eigenvalue weighted by Crippen LogP contribution is 2.45. The molecule has 18 heavy (non-hydrogen) atoms. The number of amides is 1. The molecule has 1 aliphatic carbocycles. The molecule has 4 rings (SSSR count). The first-order valence-corrected chi connectivity index (χ1v) is 6.62. The van der Waals surface area contributed by atoms with E-state index in [2.05, 4.69) is 5.32 Å². The van der Waals surface area contributed by atoms with Crippen molar-refractivity contribution in [1.29, 1.82) is 0 Å². The van der Waals surface area contributed by atoms with Crippen LogP contribution in [0.1, 0.15) is 16.8 Å². The van der Waals surface area contributed by atoms with Gasteiger partial charge in [0.25, 0.3) is 5.91 Å². The quantitative estimate of drug-likeness (QED) is 0.815. The van der Waals surface area contributed by atoms with E-state index >= 15 is 0 Å². The normalized spacial score (nSPS) is 27.9. The summed E-state index contributed by atoms with van der Waals surface area (Å²) in [5.74, 6) is 2.50. The zero-order chi connectivity index (χ0) is 12.1. The third-order valence-corrected chi connectivity index (χ3v) is 4.18. The lowest BCUT2D eigenvalue weighted by Gasteiger charge is -2.24. The molecule has 4 nitrogen and oxygen atoms in total. The number of hydrogen-bond acceptors (Lipinski definition) is 3. The topological polar surface area (TPSA) is 41.6 Å². The highest BCUT2D eigenvalue weighted by Gasteiger charge is 2.46. The second-order valence-corrected chi connectivity index (χ2v) is 5.42. The number of hydrogen-bond donors (Lipinski definition) is 1. The minimum absolute atomic E-state index is 0.150. The van der Waals surface area contributed by atoms with E-state index in [9.17, 15) is 4.79 Å². The maximum atomic E-state index is 12.5. The number of para-hydroxylation sites is 1. The first kappa shape index (κ1) is 10.2. The van der Waals surface area contributed by atoms with Crippen molar-refractivity contribution < 1.29 is 9.53 Å². The maximum Gasteiger partial charge on any atom is 0.256 e. The number of fused-ring (bicyclic) bond motifs is 2. The Labute approximate surface area is 106 Å². The predicted octanol–water partition coefficient (Wildman–Crippen LogP) is 1.58. The number of nitrogens with one attached hydrogen (secondary N) is 1. The van der Waals surface area contributed by atoms with Crippen molar-refractivity contribution in [3.8, 4) is 5.75 Å². The Balaban J connectivity index is 1.65. The van der Waals surface area contributed by atoms with Crippen LogP contribution in [0, 0.1) is 11.8 Å². The van der Waals surface area contributed by atoms with E-state index in [-0.39, 0.29) is 5.91 Å². The monoisotopic (exact) mass is 244 g/mol. The van der Waals surface area contributed by atoms with Gasteiger partial charge in [-0.3, -0.25) is 4.79 Å². The van der Waals surface area contributed by atoms with Gasteiger partial charge in [0.05, 0.1) is 11.3 Å². The summed E-state index contributed by atoms with van der Waals surface area (Å²) in [5.41, 5.74) is 1.63. The van der Waals surface area contributed by atoms with Crippen LogP contribution in [0.3, 0.4) is 0 Å². The average Bonchev–Trinajstić information content (AvgIpc) is 3.04. The zero-order valence-corrected chi connectivity index (χ0v) is 10.2. The van der Waals surface area contributed by atoms with Gasteiger partial charge in [-0.25, -0.2) is 0 Å². The molecule has 3 aliphatic rings. The molecule has 0 aromatic heterocycles. The molecule has 2 unspecified atom stereocenters. The SMILES string of the molecule is O=C(c1cccc2c1NCCO2)N1CC2CC2C1. The van der Waals surface area contributed by atoms with E-state index in [0.29, 0.717) is 6.61 Å². The molecular formula is C14H16N2O2. The van der Waals surface area contributed by atoms with Crippen molar-refractivity contribution in [3.05, 3.63) is 23.8 Å². The van der Waals surface area contributed by atoms with Crippen molar-refractivity contribution >= 4 is 11.6 Å². The van der Waals surface area contributed by atoms with Crippen LogP contribution in [0.5, 0.6) is 5.75 Å². The van der Waals surface area contributed by atoms with Gasteiger partial charge >= 0.3 is 0 Å². The lowest BCUT2D eigenvalue weighted by molar-refractivity contribution is 0.0776. The second-order valence-electron chi connectivity index (χ2n) is 5.42.